The molecule has 0 fully saturated rings. The van der Waals surface area contributed by atoms with Crippen molar-refractivity contribution in [2.24, 2.45) is 0 Å². The first-order valence-electron chi connectivity index (χ1n) is 8.72. The monoisotopic (exact) mass is 362 g/mol. The molecule has 3 rings (SSSR count). The van der Waals surface area contributed by atoms with Crippen molar-refractivity contribution < 1.29 is 9.53 Å². The van der Waals surface area contributed by atoms with E-state index in [2.05, 4.69) is 15.3 Å². The molecule has 0 aliphatic rings. The van der Waals surface area contributed by atoms with Gasteiger partial charge in [0.15, 0.2) is 0 Å². The molecule has 0 aliphatic heterocycles. The highest BCUT2D eigenvalue weighted by atomic mass is 16.5. The van der Waals surface area contributed by atoms with Gasteiger partial charge >= 0.3 is 0 Å². The highest BCUT2D eigenvalue weighted by Crippen LogP contribution is 2.20. The van der Waals surface area contributed by atoms with Gasteiger partial charge in [0.25, 0.3) is 5.91 Å². The molecule has 0 radical (unpaired) electrons. The summed E-state index contributed by atoms with van der Waals surface area (Å²) in [7, 11) is 1.61. The number of aryl methyl sites for hydroxylation is 1. The number of methoxy groups -OCH3 is 1. The Hall–Kier alpha value is -3.41. The number of hydrogen-bond acceptors (Lipinski definition) is 5. The number of nitrogens with one attached hydrogen (secondary N) is 1. The van der Waals surface area contributed by atoms with Gasteiger partial charge in [-0.05, 0) is 43.7 Å². The maximum absolute atomic E-state index is 12.8. The third-order valence-corrected chi connectivity index (χ3v) is 4.10. The zero-order valence-corrected chi connectivity index (χ0v) is 15.6. The van der Waals surface area contributed by atoms with Crippen molar-refractivity contribution in [3.05, 3.63) is 72.1 Å². The van der Waals surface area contributed by atoms with E-state index >= 15 is 0 Å². The highest BCUT2D eigenvalue weighted by molar-refractivity contribution is 6.05. The van der Waals surface area contributed by atoms with E-state index < -0.39 is 0 Å². The lowest BCUT2D eigenvalue weighted by molar-refractivity contribution is 0.0987. The van der Waals surface area contributed by atoms with E-state index in [0.29, 0.717) is 18.1 Å². The summed E-state index contributed by atoms with van der Waals surface area (Å²) in [5, 5.41) is 3.10. The number of carbonyl (C=O) groups is 1. The predicted octanol–water partition coefficient (Wildman–Crippen LogP) is 4.20. The molecule has 6 heteroatoms. The van der Waals surface area contributed by atoms with Crippen molar-refractivity contribution in [1.82, 2.24) is 9.97 Å². The maximum Gasteiger partial charge on any atom is 0.261 e. The minimum Gasteiger partial charge on any atom is -0.497 e. The van der Waals surface area contributed by atoms with Crippen LogP contribution < -0.4 is 15.0 Å². The number of amides is 1. The summed E-state index contributed by atoms with van der Waals surface area (Å²) in [6.07, 6.45) is 3.08. The van der Waals surface area contributed by atoms with Crippen LogP contribution in [0.4, 0.5) is 17.3 Å². The number of nitrogens with zero attached hydrogens (tertiary/aromatic N) is 3. The van der Waals surface area contributed by atoms with Gasteiger partial charge in [-0.2, -0.15) is 0 Å². The molecule has 6 nitrogen and oxygen atoms in total. The molecule has 0 spiro atoms. The Morgan fingerprint density at radius 1 is 1.11 bits per heavy atom. The lowest BCUT2D eigenvalue weighted by Crippen LogP contribution is -2.30. The van der Waals surface area contributed by atoms with Crippen LogP contribution in [-0.2, 0) is 0 Å². The van der Waals surface area contributed by atoms with E-state index in [1.54, 1.807) is 12.0 Å². The average molecular weight is 362 g/mol. The first kappa shape index (κ1) is 18.4. The summed E-state index contributed by atoms with van der Waals surface area (Å²) in [6, 6.07) is 15.3. The second-order valence-corrected chi connectivity index (χ2v) is 6.04. The molecule has 138 valence electrons. The molecule has 1 heterocycles. The van der Waals surface area contributed by atoms with Gasteiger partial charge in [-0.3, -0.25) is 4.79 Å². The van der Waals surface area contributed by atoms with E-state index in [4.69, 9.17) is 4.74 Å². The summed E-state index contributed by atoms with van der Waals surface area (Å²) in [6.45, 7) is 4.51. The smallest absolute Gasteiger partial charge is 0.261 e. The predicted molar refractivity (Wildman–Crippen MR) is 107 cm³/mol. The summed E-state index contributed by atoms with van der Waals surface area (Å²) in [4.78, 5) is 23.1. The van der Waals surface area contributed by atoms with Crippen LogP contribution in [0.1, 0.15) is 22.8 Å². The van der Waals surface area contributed by atoms with Crippen LogP contribution in [0.2, 0.25) is 0 Å². The van der Waals surface area contributed by atoms with E-state index in [-0.39, 0.29) is 5.91 Å². The van der Waals surface area contributed by atoms with Crippen LogP contribution in [0.25, 0.3) is 0 Å². The molecule has 27 heavy (non-hydrogen) atoms. The number of rotatable bonds is 6. The van der Waals surface area contributed by atoms with Gasteiger partial charge in [0, 0.05) is 36.4 Å². The van der Waals surface area contributed by atoms with Gasteiger partial charge in [0.1, 0.15) is 5.75 Å². The fourth-order valence-electron chi connectivity index (χ4n) is 2.73. The molecule has 0 bridgehead atoms. The molecule has 2 aromatic carbocycles. The largest absolute Gasteiger partial charge is 0.497 e. The summed E-state index contributed by atoms with van der Waals surface area (Å²) >= 11 is 0. The van der Waals surface area contributed by atoms with Crippen LogP contribution in [0.15, 0.2) is 60.9 Å². The fraction of sp³-hybridized carbons (Fsp3) is 0.190. The fourth-order valence-corrected chi connectivity index (χ4v) is 2.73. The van der Waals surface area contributed by atoms with E-state index in [1.807, 2.05) is 62.4 Å². The van der Waals surface area contributed by atoms with E-state index in [9.17, 15) is 4.79 Å². The summed E-state index contributed by atoms with van der Waals surface area (Å²) in [5.41, 5.74) is 3.21. The minimum atomic E-state index is -0.129. The Kier molecular flexibility index (Phi) is 5.66. The van der Waals surface area contributed by atoms with Crippen LogP contribution in [0, 0.1) is 6.92 Å². The molecule has 0 aliphatic carbocycles. The van der Waals surface area contributed by atoms with E-state index in [1.165, 1.54) is 12.4 Å². The second kappa shape index (κ2) is 8.31. The topological polar surface area (TPSA) is 67.4 Å². The quantitative estimate of drug-likeness (QED) is 0.712. The molecule has 0 unspecified atom stereocenters. The van der Waals surface area contributed by atoms with Crippen molar-refractivity contribution in [3.8, 4) is 5.75 Å². The van der Waals surface area contributed by atoms with Gasteiger partial charge in [-0.15, -0.1) is 0 Å². The molecule has 1 amide bonds. The number of benzene rings is 2. The van der Waals surface area contributed by atoms with Crippen molar-refractivity contribution in [2.45, 2.75) is 13.8 Å². The van der Waals surface area contributed by atoms with Gasteiger partial charge < -0.3 is 15.0 Å². The third kappa shape index (κ3) is 4.41. The Balaban J connectivity index is 1.76. The molecule has 3 aromatic rings. The molecule has 1 aromatic heterocycles. The van der Waals surface area contributed by atoms with Gasteiger partial charge in [-0.25, -0.2) is 9.97 Å². The number of anilines is 3. The molecular weight excluding hydrogens is 340 g/mol. The SMILES string of the molecule is CCN(C(=O)c1cnc(Nc2cccc(OC)c2)nc1)c1cccc(C)c1. The van der Waals surface area contributed by atoms with Gasteiger partial charge in [-0.1, -0.05) is 18.2 Å². The molecule has 0 saturated heterocycles. The molecule has 0 saturated carbocycles. The first-order valence-corrected chi connectivity index (χ1v) is 8.72. The van der Waals surface area contributed by atoms with Crippen LogP contribution in [-0.4, -0.2) is 29.5 Å². The van der Waals surface area contributed by atoms with Crippen molar-refractivity contribution >= 4 is 23.2 Å². The Labute approximate surface area is 158 Å². The van der Waals surface area contributed by atoms with Crippen molar-refractivity contribution in [1.29, 1.82) is 0 Å². The first-order chi connectivity index (χ1) is 13.1. The second-order valence-electron chi connectivity index (χ2n) is 6.04. The molecule has 0 atom stereocenters. The van der Waals surface area contributed by atoms with E-state index in [0.717, 1.165) is 22.7 Å². The average Bonchev–Trinajstić information content (AvgIpc) is 2.69. The zero-order chi connectivity index (χ0) is 19.2. The van der Waals surface area contributed by atoms with Crippen LogP contribution >= 0.6 is 0 Å². The molecule has 1 N–H and O–H groups in total. The normalized spacial score (nSPS) is 10.3. The summed E-state index contributed by atoms with van der Waals surface area (Å²) < 4.78 is 5.20. The highest BCUT2D eigenvalue weighted by Gasteiger charge is 2.17. The van der Waals surface area contributed by atoms with Crippen LogP contribution in [0.3, 0.4) is 0 Å². The van der Waals surface area contributed by atoms with Crippen LogP contribution in [0.5, 0.6) is 5.75 Å². The standard InChI is InChI=1S/C21H22N4O2/c1-4-25(18-9-5-7-15(2)11-18)20(26)16-13-22-21(23-14-16)24-17-8-6-10-19(12-17)27-3/h5-14H,4H2,1-3H3,(H,22,23,24). The van der Waals surface area contributed by atoms with Gasteiger partial charge in [0.05, 0.1) is 12.7 Å². The lowest BCUT2D eigenvalue weighted by atomic mass is 10.2. The Bertz CT molecular complexity index is 925. The Morgan fingerprint density at radius 2 is 1.85 bits per heavy atom. The number of aromatic nitrogens is 2. The third-order valence-electron chi connectivity index (χ3n) is 4.10. The number of carbonyl (C=O) groups excluding carboxylic acids is 1. The van der Waals surface area contributed by atoms with Crippen molar-refractivity contribution in [2.75, 3.05) is 23.9 Å². The molecular formula is C21H22N4O2. The Morgan fingerprint density at radius 3 is 2.52 bits per heavy atom. The van der Waals surface area contributed by atoms with Crippen molar-refractivity contribution in [3.63, 3.8) is 0 Å². The zero-order valence-electron chi connectivity index (χ0n) is 15.6. The minimum absolute atomic E-state index is 0.129. The number of hydrogen-bond donors (Lipinski definition) is 1. The maximum atomic E-state index is 12.8. The lowest BCUT2D eigenvalue weighted by Gasteiger charge is -2.21. The number of ether oxygens (including phenoxy) is 1. The van der Waals surface area contributed by atoms with Gasteiger partial charge in [0.2, 0.25) is 5.95 Å². The summed E-state index contributed by atoms with van der Waals surface area (Å²) in [5.74, 6) is 1.03.